The van der Waals surface area contributed by atoms with Crippen LogP contribution in [0.3, 0.4) is 0 Å². The van der Waals surface area contributed by atoms with Gasteiger partial charge in [-0.25, -0.2) is 0 Å². The Bertz CT molecular complexity index is 8.00. The maximum Gasteiger partial charge on any atom is 0 e. The number of nitrogens with zero attached hydrogens (tertiary/aromatic N) is 1. The van der Waals surface area contributed by atoms with Crippen LogP contribution in [-0.2, 0) is 0 Å². The zero-order chi connectivity index (χ0) is 0. The van der Waals surface area contributed by atoms with Crippen molar-refractivity contribution in [2.24, 2.45) is 0 Å². The molecular formula is CBiNP. The smallest absolute Gasteiger partial charge is 0 e. The maximum atomic E-state index is 0. The van der Waals surface area contributed by atoms with Crippen LogP contribution in [-0.4, -0.2) is 26.2 Å². The summed E-state index contributed by atoms with van der Waals surface area (Å²) in [6, 6.07) is 0. The average Bonchev–Trinajstić information content (AvgIpc) is 0. The minimum Gasteiger partial charge on any atom is 0 e. The van der Waals surface area contributed by atoms with Gasteiger partial charge in [-0.2, -0.15) is 0 Å². The van der Waals surface area contributed by atoms with E-state index in [-0.39, 0.29) is 49.7 Å². The van der Waals surface area contributed by atoms with E-state index in [9.17, 15) is 0 Å². The molecule has 0 aliphatic heterocycles. The van der Waals surface area contributed by atoms with Crippen molar-refractivity contribution in [3.8, 4) is 0 Å². The fourth-order valence-corrected chi connectivity index (χ4v) is 0. The van der Waals surface area contributed by atoms with Crippen molar-refractivity contribution in [2.75, 3.05) is 0 Å². The molecule has 0 aliphatic carbocycles. The van der Waals surface area contributed by atoms with E-state index in [1.54, 1.807) is 0 Å². The molecule has 0 aliphatic rings. The first kappa shape index (κ1) is 59.4. The first-order valence-electron chi connectivity index (χ1n) is 0. The summed E-state index contributed by atoms with van der Waals surface area (Å²) in [7, 11) is 0. The van der Waals surface area contributed by atoms with Crippen LogP contribution in [0, 0.1) is 7.43 Å². The Morgan fingerprint density at radius 1 is 1.00 bits per heavy atom. The molecule has 0 saturated heterocycles. The SMILES string of the molecule is [Bi].[C].[N].[P]. The summed E-state index contributed by atoms with van der Waals surface area (Å²) in [5.41, 5.74) is 0. The van der Waals surface area contributed by atoms with Gasteiger partial charge in [-0.05, 0) is 0 Å². The number of hydrogen-bond donors (Lipinski definition) is 0. The minimum absolute atomic E-state index is 0. The van der Waals surface area contributed by atoms with Crippen LogP contribution in [0.2, 0.25) is 0 Å². The molecule has 0 heterocycles. The van der Waals surface area contributed by atoms with E-state index in [1.165, 1.54) is 0 Å². The molecule has 19 valence electrons. The maximum absolute atomic E-state index is 0. The monoisotopic (exact) mass is 266 g/mol. The van der Waals surface area contributed by atoms with Gasteiger partial charge in [0.05, 0.1) is 0 Å². The third-order valence-electron chi connectivity index (χ3n) is 0. The second-order valence-electron chi connectivity index (χ2n) is 0. The van der Waals surface area contributed by atoms with Crippen molar-refractivity contribution in [2.45, 2.75) is 0 Å². The molecule has 1 nitrogen and oxygen atoms in total. The van der Waals surface area contributed by atoms with E-state index in [0.717, 1.165) is 0 Å². The predicted octanol–water partition coefficient (Wildman–Crippen LogP) is 0.0811. The Balaban J connectivity index is 0. The first-order valence-corrected chi connectivity index (χ1v) is 0. The van der Waals surface area contributed by atoms with E-state index < -0.39 is 0 Å². The summed E-state index contributed by atoms with van der Waals surface area (Å²) in [5, 5.41) is 0. The van der Waals surface area contributed by atoms with Gasteiger partial charge >= 0.3 is 0 Å². The quantitative estimate of drug-likeness (QED) is 0.439. The summed E-state index contributed by atoms with van der Waals surface area (Å²) in [6.07, 6.45) is 0. The number of hydrogen-bond acceptors (Lipinski definition) is 0. The topological polar surface area (TPSA) is 30.5 Å². The van der Waals surface area contributed by atoms with E-state index in [0.29, 0.717) is 0 Å². The Kier molecular flexibility index (Phi) is 419. The molecule has 0 aromatic rings. The normalized spacial score (nSPS) is 0. The van der Waals surface area contributed by atoms with Gasteiger partial charge in [0.25, 0.3) is 0 Å². The standard InChI is InChI=1S/C.Bi.N.P. The summed E-state index contributed by atoms with van der Waals surface area (Å²) in [4.78, 5) is 0. The van der Waals surface area contributed by atoms with Crippen LogP contribution in [0.25, 0.3) is 0 Å². The van der Waals surface area contributed by atoms with Crippen molar-refractivity contribution in [3.63, 3.8) is 0 Å². The second kappa shape index (κ2) is 28.2. The Labute approximate surface area is 49.9 Å². The largest absolute Gasteiger partial charge is 0 e. The molecule has 0 atom stereocenters. The number of rotatable bonds is 0. The van der Waals surface area contributed by atoms with Crippen LogP contribution < -0.4 is 6.15 Å². The molecule has 0 unspecified atom stereocenters. The molecule has 0 amide bonds. The molecule has 13 radical (unpaired) electrons. The second-order valence-corrected chi connectivity index (χ2v) is 0. The molecule has 4 heavy (non-hydrogen) atoms. The average molecular weight is 266 g/mol. The third-order valence-corrected chi connectivity index (χ3v) is 0. The molecule has 0 saturated carbocycles. The fourth-order valence-electron chi connectivity index (χ4n) is 0. The molecule has 0 fully saturated rings. The predicted molar refractivity (Wildman–Crippen MR) is 18.1 cm³/mol. The van der Waals surface area contributed by atoms with Crippen LogP contribution in [0.15, 0.2) is 0 Å². The van der Waals surface area contributed by atoms with Gasteiger partial charge in [0.1, 0.15) is 0 Å². The molecule has 0 N–H and O–H groups in total. The van der Waals surface area contributed by atoms with Crippen LogP contribution in [0.1, 0.15) is 0 Å². The van der Waals surface area contributed by atoms with Crippen LogP contribution >= 0.6 is 9.90 Å². The Morgan fingerprint density at radius 3 is 1.00 bits per heavy atom. The van der Waals surface area contributed by atoms with Gasteiger partial charge < -0.3 is 0 Å². The minimum atomic E-state index is 0. The van der Waals surface area contributed by atoms with Crippen molar-refractivity contribution in [1.82, 2.24) is 6.15 Å². The molecule has 0 aromatic carbocycles. The van der Waals surface area contributed by atoms with Gasteiger partial charge in [0, 0.05) is 49.7 Å². The van der Waals surface area contributed by atoms with Gasteiger partial charge in [0.15, 0.2) is 0 Å². The summed E-state index contributed by atoms with van der Waals surface area (Å²) >= 11 is 0. The molecule has 0 bridgehead atoms. The third kappa shape index (κ3) is 10.4. The van der Waals surface area contributed by atoms with Crippen LogP contribution in [0.4, 0.5) is 0 Å². The van der Waals surface area contributed by atoms with Crippen molar-refractivity contribution in [3.05, 3.63) is 7.43 Å². The first-order chi connectivity index (χ1) is 0. The van der Waals surface area contributed by atoms with E-state index in [4.69, 9.17) is 0 Å². The van der Waals surface area contributed by atoms with E-state index >= 15 is 0 Å². The Hall–Kier alpha value is 1.27. The van der Waals surface area contributed by atoms with Crippen molar-refractivity contribution >= 4 is 36.1 Å². The summed E-state index contributed by atoms with van der Waals surface area (Å²) in [6.45, 7) is 0. The molecule has 0 aromatic heterocycles. The van der Waals surface area contributed by atoms with Gasteiger partial charge in [-0.3, -0.25) is 0 Å². The van der Waals surface area contributed by atoms with Gasteiger partial charge in [0.2, 0.25) is 0 Å². The van der Waals surface area contributed by atoms with Crippen molar-refractivity contribution in [1.29, 1.82) is 0 Å². The summed E-state index contributed by atoms with van der Waals surface area (Å²) < 4.78 is 0. The van der Waals surface area contributed by atoms with Crippen molar-refractivity contribution < 1.29 is 0 Å². The zero-order valence-corrected chi connectivity index (χ0v) is 6.21. The van der Waals surface area contributed by atoms with Gasteiger partial charge in [-0.15, -0.1) is 0 Å². The van der Waals surface area contributed by atoms with Crippen LogP contribution in [0.5, 0.6) is 0 Å². The van der Waals surface area contributed by atoms with E-state index in [1.807, 2.05) is 0 Å². The molecule has 0 spiro atoms. The van der Waals surface area contributed by atoms with E-state index in [2.05, 4.69) is 0 Å². The zero-order valence-electron chi connectivity index (χ0n) is 1.84. The van der Waals surface area contributed by atoms with Gasteiger partial charge in [-0.1, -0.05) is 0 Å². The molecule has 3 heteroatoms. The summed E-state index contributed by atoms with van der Waals surface area (Å²) in [5.74, 6) is 0. The Morgan fingerprint density at radius 2 is 1.00 bits per heavy atom. The fraction of sp³-hybridized carbons (Fsp3) is 0. The molecule has 0 rings (SSSR count). The molecular weight excluding hydrogens is 266 g/mol.